The summed E-state index contributed by atoms with van der Waals surface area (Å²) in [6.07, 6.45) is 2.11. The largest absolute Gasteiger partial charge is 0.496 e. The number of rotatable bonds is 9. The summed E-state index contributed by atoms with van der Waals surface area (Å²) < 4.78 is 6.71. The second-order valence-electron chi connectivity index (χ2n) is 11.3. The molecule has 1 aliphatic carbocycles. The van der Waals surface area contributed by atoms with Crippen LogP contribution in [0.5, 0.6) is 5.75 Å². The number of carboxylic acid groups (broad SMARTS) is 1. The summed E-state index contributed by atoms with van der Waals surface area (Å²) in [4.78, 5) is 41.7. The summed E-state index contributed by atoms with van der Waals surface area (Å²) in [5.41, 5.74) is 3.36. The first-order valence-electron chi connectivity index (χ1n) is 14.6. The van der Waals surface area contributed by atoms with Gasteiger partial charge in [0, 0.05) is 54.4 Å². The highest BCUT2D eigenvalue weighted by Gasteiger charge is 2.32. The summed E-state index contributed by atoms with van der Waals surface area (Å²) in [5, 5.41) is 12.9. The molecule has 0 aliphatic heterocycles. The Morgan fingerprint density at radius 2 is 1.64 bits per heavy atom. The fraction of sp³-hybridized carbons (Fsp3) is 0.324. The van der Waals surface area contributed by atoms with E-state index in [1.165, 1.54) is 11.3 Å². The van der Waals surface area contributed by atoms with Gasteiger partial charge in [0.05, 0.1) is 12.1 Å². The maximum atomic E-state index is 14.3. The average Bonchev–Trinajstić information content (AvgIpc) is 3.38. The van der Waals surface area contributed by atoms with Crippen molar-refractivity contribution >= 4 is 50.9 Å². The molecule has 8 nitrogen and oxygen atoms in total. The van der Waals surface area contributed by atoms with Gasteiger partial charge in [0.2, 0.25) is 0 Å². The minimum absolute atomic E-state index is 0.0467. The van der Waals surface area contributed by atoms with Crippen molar-refractivity contribution < 1.29 is 24.2 Å². The van der Waals surface area contributed by atoms with Crippen molar-refractivity contribution in [2.45, 2.75) is 38.3 Å². The van der Waals surface area contributed by atoms with E-state index in [1.807, 2.05) is 71.6 Å². The topological polar surface area (TPSA) is 99.2 Å². The number of carbonyl (C=O) groups excluding carboxylic acids is 2. The minimum atomic E-state index is -1.02. The molecule has 0 unspecified atom stereocenters. The summed E-state index contributed by atoms with van der Waals surface area (Å²) in [5.74, 6) is 0.719. The third-order valence-electron chi connectivity index (χ3n) is 8.28. The lowest BCUT2D eigenvalue weighted by Crippen LogP contribution is -2.43. The van der Waals surface area contributed by atoms with Crippen LogP contribution in [0.2, 0.25) is 5.02 Å². The molecule has 1 fully saturated rings. The summed E-state index contributed by atoms with van der Waals surface area (Å²) >= 11 is 8.20. The third-order valence-corrected chi connectivity index (χ3v) is 9.94. The van der Waals surface area contributed by atoms with Crippen LogP contribution in [0.1, 0.15) is 51.3 Å². The number of ether oxygens (including phenoxy) is 1. The Kier molecular flexibility index (Phi) is 9.76. The molecule has 2 N–H and O–H groups in total. The van der Waals surface area contributed by atoms with Crippen LogP contribution in [0.25, 0.3) is 21.2 Å². The first kappa shape index (κ1) is 31.3. The van der Waals surface area contributed by atoms with Crippen molar-refractivity contribution in [1.29, 1.82) is 0 Å². The number of hydrogen-bond donors (Lipinski definition) is 2. The maximum absolute atomic E-state index is 14.3. The highest BCUT2D eigenvalue weighted by Crippen LogP contribution is 2.39. The Labute approximate surface area is 266 Å². The zero-order valence-electron chi connectivity index (χ0n) is 25.0. The van der Waals surface area contributed by atoms with Crippen molar-refractivity contribution in [3.63, 3.8) is 0 Å². The Hall–Kier alpha value is -4.08. The predicted octanol–water partition coefficient (Wildman–Crippen LogP) is 7.40. The van der Waals surface area contributed by atoms with E-state index < -0.39 is 6.09 Å². The van der Waals surface area contributed by atoms with Gasteiger partial charge >= 0.3 is 6.09 Å². The molecule has 10 heteroatoms. The smallest absolute Gasteiger partial charge is 0.404 e. The molecule has 5 rings (SSSR count). The third kappa shape index (κ3) is 6.84. The summed E-state index contributed by atoms with van der Waals surface area (Å²) in [6, 6.07) is 21.1. The molecule has 0 spiro atoms. The van der Waals surface area contributed by atoms with Gasteiger partial charge in [-0.3, -0.25) is 9.59 Å². The van der Waals surface area contributed by atoms with Crippen LogP contribution in [-0.2, 0) is 6.54 Å². The Morgan fingerprint density at radius 1 is 0.955 bits per heavy atom. The lowest BCUT2D eigenvalue weighted by atomic mass is 9.85. The molecule has 4 aromatic rings. The molecular formula is C34H36ClN3O5S. The van der Waals surface area contributed by atoms with Gasteiger partial charge in [0.15, 0.2) is 0 Å². The number of nitrogens with zero attached hydrogens (tertiary/aromatic N) is 2. The maximum Gasteiger partial charge on any atom is 0.404 e. The first-order valence-corrected chi connectivity index (χ1v) is 15.8. The lowest BCUT2D eigenvalue weighted by Gasteiger charge is -2.37. The quantitative estimate of drug-likeness (QED) is 0.200. The van der Waals surface area contributed by atoms with E-state index in [0.717, 1.165) is 52.5 Å². The van der Waals surface area contributed by atoms with Gasteiger partial charge < -0.3 is 25.0 Å². The molecule has 3 amide bonds. The molecule has 1 saturated carbocycles. The SMILES string of the molecule is COc1ccc(-c2ccc(C(=O)N(C)C)cc2)cc1CN(C(=O)c1sc2ccccc2c1Cl)C1CCC(CNC(=O)O)CC1. The van der Waals surface area contributed by atoms with E-state index in [-0.39, 0.29) is 23.8 Å². The molecular weight excluding hydrogens is 598 g/mol. The second-order valence-corrected chi connectivity index (χ2v) is 12.8. The Morgan fingerprint density at radius 3 is 2.27 bits per heavy atom. The van der Waals surface area contributed by atoms with Crippen LogP contribution >= 0.6 is 22.9 Å². The normalized spacial score (nSPS) is 16.4. The molecule has 1 aliphatic rings. The van der Waals surface area contributed by atoms with Gasteiger partial charge in [-0.15, -0.1) is 11.3 Å². The molecule has 0 atom stereocenters. The Balaban J connectivity index is 1.46. The van der Waals surface area contributed by atoms with Gasteiger partial charge in [-0.25, -0.2) is 4.79 Å². The number of halogens is 1. The standard InChI is InChI=1S/C34H36ClN3O5S/c1-37(2)32(39)23-12-10-22(11-13-23)24-14-17-28(43-3)25(18-24)20-38(26-15-8-21(9-16-26)19-36-34(41)42)33(40)31-30(35)27-6-4-5-7-29(27)44-31/h4-7,10-14,17-18,21,26,36H,8-9,15-16,19-20H2,1-3H3,(H,41,42). The van der Waals surface area contributed by atoms with Crippen LogP contribution in [0.3, 0.4) is 0 Å². The molecule has 230 valence electrons. The minimum Gasteiger partial charge on any atom is -0.496 e. The number of benzene rings is 3. The van der Waals surface area contributed by atoms with Crippen molar-refractivity contribution in [2.75, 3.05) is 27.7 Å². The van der Waals surface area contributed by atoms with Crippen LogP contribution in [0.15, 0.2) is 66.7 Å². The number of nitrogens with one attached hydrogen (secondary N) is 1. The van der Waals surface area contributed by atoms with E-state index in [4.69, 9.17) is 21.4 Å². The second kappa shape index (κ2) is 13.7. The Bertz CT molecular complexity index is 1660. The van der Waals surface area contributed by atoms with Crippen molar-refractivity contribution in [2.24, 2.45) is 5.92 Å². The van der Waals surface area contributed by atoms with Crippen LogP contribution < -0.4 is 10.1 Å². The highest BCUT2D eigenvalue weighted by molar-refractivity contribution is 7.21. The zero-order valence-corrected chi connectivity index (χ0v) is 26.6. The van der Waals surface area contributed by atoms with Gasteiger partial charge in [-0.1, -0.05) is 48.0 Å². The molecule has 1 heterocycles. The van der Waals surface area contributed by atoms with Gasteiger partial charge in [-0.05, 0) is 73.1 Å². The van der Waals surface area contributed by atoms with E-state index in [9.17, 15) is 14.4 Å². The number of amides is 3. The number of methoxy groups -OCH3 is 1. The highest BCUT2D eigenvalue weighted by atomic mass is 35.5. The van der Waals surface area contributed by atoms with Crippen molar-refractivity contribution in [3.05, 3.63) is 87.8 Å². The first-order chi connectivity index (χ1) is 21.2. The van der Waals surface area contributed by atoms with Gasteiger partial charge in [0.25, 0.3) is 11.8 Å². The van der Waals surface area contributed by atoms with E-state index in [2.05, 4.69) is 5.32 Å². The number of carbonyl (C=O) groups is 3. The van der Waals surface area contributed by atoms with Crippen LogP contribution in [0.4, 0.5) is 4.79 Å². The fourth-order valence-electron chi connectivity index (χ4n) is 5.87. The van der Waals surface area contributed by atoms with Gasteiger partial charge in [-0.2, -0.15) is 0 Å². The fourth-order valence-corrected chi connectivity index (χ4v) is 7.34. The molecule has 0 saturated heterocycles. The average molecular weight is 634 g/mol. The summed E-state index contributed by atoms with van der Waals surface area (Å²) in [7, 11) is 5.07. The monoisotopic (exact) mass is 633 g/mol. The molecule has 1 aromatic heterocycles. The zero-order chi connectivity index (χ0) is 31.4. The lowest BCUT2D eigenvalue weighted by molar-refractivity contribution is 0.0592. The number of hydrogen-bond acceptors (Lipinski definition) is 5. The predicted molar refractivity (Wildman–Crippen MR) is 175 cm³/mol. The van der Waals surface area contributed by atoms with Gasteiger partial charge in [0.1, 0.15) is 10.6 Å². The van der Waals surface area contributed by atoms with Crippen LogP contribution in [0, 0.1) is 5.92 Å². The number of fused-ring (bicyclic) bond motifs is 1. The van der Waals surface area contributed by atoms with Crippen LogP contribution in [-0.4, -0.2) is 66.6 Å². The molecule has 0 radical (unpaired) electrons. The van der Waals surface area contributed by atoms with E-state index in [1.54, 1.807) is 26.1 Å². The van der Waals surface area contributed by atoms with E-state index >= 15 is 0 Å². The molecule has 0 bridgehead atoms. The summed E-state index contributed by atoms with van der Waals surface area (Å²) in [6.45, 7) is 0.729. The molecule has 44 heavy (non-hydrogen) atoms. The van der Waals surface area contributed by atoms with Crippen molar-refractivity contribution in [3.8, 4) is 16.9 Å². The van der Waals surface area contributed by atoms with E-state index in [0.29, 0.717) is 34.3 Å². The molecule has 3 aromatic carbocycles. The number of thiophene rings is 1. The van der Waals surface area contributed by atoms with Crippen molar-refractivity contribution in [1.82, 2.24) is 15.1 Å².